The SMILES string of the molecule is C[C@@H](NC(=O)C1CCCNC1)c1ccccc1.Cl. The van der Waals surface area contributed by atoms with Gasteiger partial charge in [-0.3, -0.25) is 4.79 Å². The van der Waals surface area contributed by atoms with Crippen molar-refractivity contribution in [3.05, 3.63) is 35.9 Å². The molecule has 1 aromatic carbocycles. The van der Waals surface area contributed by atoms with Crippen molar-refractivity contribution in [2.45, 2.75) is 25.8 Å². The van der Waals surface area contributed by atoms with Crippen molar-refractivity contribution in [2.75, 3.05) is 13.1 Å². The molecule has 2 N–H and O–H groups in total. The van der Waals surface area contributed by atoms with Crippen LogP contribution in [0.3, 0.4) is 0 Å². The number of halogens is 1. The highest BCUT2D eigenvalue weighted by molar-refractivity contribution is 5.85. The van der Waals surface area contributed by atoms with Crippen LogP contribution in [0.1, 0.15) is 31.4 Å². The maximum Gasteiger partial charge on any atom is 0.224 e. The fraction of sp³-hybridized carbons (Fsp3) is 0.500. The molecule has 1 fully saturated rings. The van der Waals surface area contributed by atoms with Crippen LogP contribution in [0.15, 0.2) is 30.3 Å². The number of nitrogens with one attached hydrogen (secondary N) is 2. The van der Waals surface area contributed by atoms with Gasteiger partial charge in [0.15, 0.2) is 0 Å². The molecule has 0 bridgehead atoms. The smallest absolute Gasteiger partial charge is 0.224 e. The van der Waals surface area contributed by atoms with Gasteiger partial charge in [-0.15, -0.1) is 12.4 Å². The minimum absolute atomic E-state index is 0. The molecule has 1 unspecified atom stereocenters. The summed E-state index contributed by atoms with van der Waals surface area (Å²) in [5.41, 5.74) is 1.16. The highest BCUT2D eigenvalue weighted by atomic mass is 35.5. The van der Waals surface area contributed by atoms with Crippen LogP contribution in [0.2, 0.25) is 0 Å². The molecule has 18 heavy (non-hydrogen) atoms. The molecule has 3 nitrogen and oxygen atoms in total. The number of rotatable bonds is 3. The number of benzene rings is 1. The first-order valence-corrected chi connectivity index (χ1v) is 6.33. The number of hydrogen-bond donors (Lipinski definition) is 2. The summed E-state index contributed by atoms with van der Waals surface area (Å²) in [5, 5.41) is 6.35. The Morgan fingerprint density at radius 3 is 2.72 bits per heavy atom. The second kappa shape index (κ2) is 7.39. The Morgan fingerprint density at radius 2 is 2.11 bits per heavy atom. The number of hydrogen-bond acceptors (Lipinski definition) is 2. The topological polar surface area (TPSA) is 41.1 Å². The first-order chi connectivity index (χ1) is 8.27. The average Bonchev–Trinajstić information content (AvgIpc) is 2.40. The molecule has 1 amide bonds. The van der Waals surface area contributed by atoms with E-state index in [-0.39, 0.29) is 30.3 Å². The lowest BCUT2D eigenvalue weighted by Crippen LogP contribution is -2.41. The fourth-order valence-electron chi connectivity index (χ4n) is 2.23. The fourth-order valence-corrected chi connectivity index (χ4v) is 2.23. The Balaban J connectivity index is 0.00000162. The van der Waals surface area contributed by atoms with E-state index in [0.717, 1.165) is 31.5 Å². The predicted molar refractivity (Wildman–Crippen MR) is 75.8 cm³/mol. The van der Waals surface area contributed by atoms with Crippen molar-refractivity contribution < 1.29 is 4.79 Å². The van der Waals surface area contributed by atoms with Crippen LogP contribution in [-0.4, -0.2) is 19.0 Å². The summed E-state index contributed by atoms with van der Waals surface area (Å²) in [6, 6.07) is 10.2. The van der Waals surface area contributed by atoms with Gasteiger partial charge in [0.05, 0.1) is 12.0 Å². The van der Waals surface area contributed by atoms with Gasteiger partial charge in [0.1, 0.15) is 0 Å². The second-order valence-electron chi connectivity index (χ2n) is 4.68. The summed E-state index contributed by atoms with van der Waals surface area (Å²) in [4.78, 5) is 12.0. The van der Waals surface area contributed by atoms with Gasteiger partial charge in [0.25, 0.3) is 0 Å². The number of carbonyl (C=O) groups excluding carboxylic acids is 1. The Morgan fingerprint density at radius 1 is 1.39 bits per heavy atom. The minimum Gasteiger partial charge on any atom is -0.349 e. The van der Waals surface area contributed by atoms with Crippen LogP contribution in [0.4, 0.5) is 0 Å². The Labute approximate surface area is 115 Å². The monoisotopic (exact) mass is 268 g/mol. The van der Waals surface area contributed by atoms with Crippen molar-refractivity contribution in [3.63, 3.8) is 0 Å². The zero-order valence-electron chi connectivity index (χ0n) is 10.7. The Hall–Kier alpha value is -1.06. The summed E-state index contributed by atoms with van der Waals surface area (Å²) < 4.78 is 0. The summed E-state index contributed by atoms with van der Waals surface area (Å²) in [5.74, 6) is 0.309. The van der Waals surface area contributed by atoms with Gasteiger partial charge in [-0.05, 0) is 31.9 Å². The number of amides is 1. The van der Waals surface area contributed by atoms with Crippen LogP contribution in [0.25, 0.3) is 0 Å². The van der Waals surface area contributed by atoms with E-state index < -0.39 is 0 Å². The molecule has 0 spiro atoms. The van der Waals surface area contributed by atoms with Crippen molar-refractivity contribution in [2.24, 2.45) is 5.92 Å². The standard InChI is InChI=1S/C14H20N2O.ClH/c1-11(12-6-3-2-4-7-12)16-14(17)13-8-5-9-15-10-13;/h2-4,6-7,11,13,15H,5,8-10H2,1H3,(H,16,17);1H/t11-,13?;/m1./s1. The van der Waals surface area contributed by atoms with Gasteiger partial charge < -0.3 is 10.6 Å². The third kappa shape index (κ3) is 4.00. The quantitative estimate of drug-likeness (QED) is 0.883. The summed E-state index contributed by atoms with van der Waals surface area (Å²) in [7, 11) is 0. The van der Waals surface area contributed by atoms with E-state index in [9.17, 15) is 4.79 Å². The highest BCUT2D eigenvalue weighted by Gasteiger charge is 2.22. The van der Waals surface area contributed by atoms with Gasteiger partial charge in [-0.25, -0.2) is 0 Å². The maximum atomic E-state index is 12.0. The molecular formula is C14H21ClN2O. The minimum atomic E-state index is 0. The van der Waals surface area contributed by atoms with E-state index in [4.69, 9.17) is 0 Å². The predicted octanol–water partition coefficient (Wildman–Crippen LogP) is 2.29. The first kappa shape index (κ1) is 15.0. The van der Waals surface area contributed by atoms with Crippen LogP contribution in [-0.2, 0) is 4.79 Å². The van der Waals surface area contributed by atoms with Gasteiger partial charge in [-0.2, -0.15) is 0 Å². The van der Waals surface area contributed by atoms with E-state index in [0.29, 0.717) is 0 Å². The third-order valence-corrected chi connectivity index (χ3v) is 3.33. The second-order valence-corrected chi connectivity index (χ2v) is 4.68. The van der Waals surface area contributed by atoms with Crippen molar-refractivity contribution in [1.82, 2.24) is 10.6 Å². The number of carbonyl (C=O) groups is 1. The molecule has 100 valence electrons. The molecule has 0 saturated carbocycles. The average molecular weight is 269 g/mol. The molecule has 2 atom stereocenters. The lowest BCUT2D eigenvalue weighted by atomic mass is 9.98. The Bertz CT molecular complexity index is 363. The molecule has 0 aliphatic carbocycles. The third-order valence-electron chi connectivity index (χ3n) is 3.33. The van der Waals surface area contributed by atoms with Crippen LogP contribution < -0.4 is 10.6 Å². The van der Waals surface area contributed by atoms with Crippen LogP contribution in [0, 0.1) is 5.92 Å². The summed E-state index contributed by atoms with van der Waals surface area (Å²) in [6.45, 7) is 3.88. The van der Waals surface area contributed by atoms with E-state index in [2.05, 4.69) is 10.6 Å². The van der Waals surface area contributed by atoms with Gasteiger partial charge >= 0.3 is 0 Å². The van der Waals surface area contributed by atoms with Gasteiger partial charge in [-0.1, -0.05) is 30.3 Å². The van der Waals surface area contributed by atoms with Crippen LogP contribution >= 0.6 is 12.4 Å². The molecule has 4 heteroatoms. The molecular weight excluding hydrogens is 248 g/mol. The molecule has 1 saturated heterocycles. The van der Waals surface area contributed by atoms with E-state index in [1.54, 1.807) is 0 Å². The van der Waals surface area contributed by atoms with E-state index in [1.165, 1.54) is 0 Å². The summed E-state index contributed by atoms with van der Waals surface area (Å²) in [6.07, 6.45) is 2.10. The van der Waals surface area contributed by atoms with Crippen molar-refractivity contribution >= 4 is 18.3 Å². The molecule has 1 aromatic rings. The van der Waals surface area contributed by atoms with E-state index >= 15 is 0 Å². The Kier molecular flexibility index (Phi) is 6.16. The van der Waals surface area contributed by atoms with Crippen molar-refractivity contribution in [3.8, 4) is 0 Å². The summed E-state index contributed by atoms with van der Waals surface area (Å²) >= 11 is 0. The molecule has 0 radical (unpaired) electrons. The lowest BCUT2D eigenvalue weighted by molar-refractivity contribution is -0.126. The zero-order chi connectivity index (χ0) is 12.1. The van der Waals surface area contributed by atoms with Gasteiger partial charge in [0.2, 0.25) is 5.91 Å². The molecule has 1 aliphatic rings. The normalized spacial score (nSPS) is 20.6. The first-order valence-electron chi connectivity index (χ1n) is 6.33. The largest absolute Gasteiger partial charge is 0.349 e. The molecule has 2 rings (SSSR count). The van der Waals surface area contributed by atoms with Crippen molar-refractivity contribution in [1.29, 1.82) is 0 Å². The zero-order valence-corrected chi connectivity index (χ0v) is 11.5. The maximum absolute atomic E-state index is 12.0. The molecule has 1 aliphatic heterocycles. The number of piperidine rings is 1. The molecule has 0 aromatic heterocycles. The molecule has 1 heterocycles. The highest BCUT2D eigenvalue weighted by Crippen LogP contribution is 2.15. The van der Waals surface area contributed by atoms with Crippen LogP contribution in [0.5, 0.6) is 0 Å². The lowest BCUT2D eigenvalue weighted by Gasteiger charge is -2.24. The van der Waals surface area contributed by atoms with E-state index in [1.807, 2.05) is 37.3 Å². The van der Waals surface area contributed by atoms with Gasteiger partial charge in [0, 0.05) is 6.54 Å².